The number of hydrogen-bond acceptors (Lipinski definition) is 3. The highest BCUT2D eigenvalue weighted by atomic mass is 16.4. The molecule has 0 saturated carbocycles. The summed E-state index contributed by atoms with van der Waals surface area (Å²) >= 11 is 0. The summed E-state index contributed by atoms with van der Waals surface area (Å²) in [6.45, 7) is 6.74. The molecule has 0 spiro atoms. The van der Waals surface area contributed by atoms with Crippen molar-refractivity contribution in [2.45, 2.75) is 39.0 Å². The molecule has 1 rings (SSSR count). The molecule has 4 nitrogen and oxygen atoms in total. The first-order valence-electron chi connectivity index (χ1n) is 6.63. The summed E-state index contributed by atoms with van der Waals surface area (Å²) in [7, 11) is 2.18. The SMILES string of the molecule is CN1CCC(C)(CNCCCCC(=O)O)CC1. The number of hydrogen-bond donors (Lipinski definition) is 2. The molecule has 2 N–H and O–H groups in total. The Kier molecular flexibility index (Phi) is 5.92. The van der Waals surface area contributed by atoms with Gasteiger partial charge < -0.3 is 15.3 Å². The van der Waals surface area contributed by atoms with Gasteiger partial charge in [-0.3, -0.25) is 4.79 Å². The Morgan fingerprint density at radius 2 is 2.00 bits per heavy atom. The van der Waals surface area contributed by atoms with Crippen molar-refractivity contribution in [3.8, 4) is 0 Å². The highest BCUT2D eigenvalue weighted by Gasteiger charge is 2.27. The van der Waals surface area contributed by atoms with E-state index in [4.69, 9.17) is 5.11 Å². The number of carboxylic acid groups (broad SMARTS) is 1. The molecule has 1 saturated heterocycles. The van der Waals surface area contributed by atoms with E-state index in [9.17, 15) is 4.79 Å². The quantitative estimate of drug-likeness (QED) is 0.665. The van der Waals surface area contributed by atoms with Crippen LogP contribution < -0.4 is 5.32 Å². The summed E-state index contributed by atoms with van der Waals surface area (Å²) in [4.78, 5) is 12.7. The Morgan fingerprint density at radius 3 is 2.59 bits per heavy atom. The van der Waals surface area contributed by atoms with E-state index in [2.05, 4.69) is 24.2 Å². The van der Waals surface area contributed by atoms with Crippen molar-refractivity contribution in [2.24, 2.45) is 5.41 Å². The first kappa shape index (κ1) is 14.5. The molecule has 0 atom stereocenters. The van der Waals surface area contributed by atoms with Gasteiger partial charge in [-0.25, -0.2) is 0 Å². The molecular formula is C13H26N2O2. The van der Waals surface area contributed by atoms with Crippen molar-refractivity contribution in [3.63, 3.8) is 0 Å². The van der Waals surface area contributed by atoms with Gasteiger partial charge in [-0.2, -0.15) is 0 Å². The van der Waals surface area contributed by atoms with Crippen LogP contribution >= 0.6 is 0 Å². The monoisotopic (exact) mass is 242 g/mol. The standard InChI is InChI=1S/C13H26N2O2/c1-13(6-9-15(2)10-7-13)11-14-8-4-3-5-12(16)17/h14H,3-11H2,1-2H3,(H,16,17). The molecule has 0 radical (unpaired) electrons. The van der Waals surface area contributed by atoms with Crippen molar-refractivity contribution in [1.29, 1.82) is 0 Å². The molecule has 0 unspecified atom stereocenters. The summed E-state index contributed by atoms with van der Waals surface area (Å²) < 4.78 is 0. The van der Waals surface area contributed by atoms with Crippen molar-refractivity contribution < 1.29 is 9.90 Å². The number of piperidine rings is 1. The van der Waals surface area contributed by atoms with Gasteiger partial charge in [0.05, 0.1) is 0 Å². The molecule has 1 fully saturated rings. The first-order chi connectivity index (χ1) is 8.02. The minimum absolute atomic E-state index is 0.295. The minimum atomic E-state index is -0.688. The van der Waals surface area contributed by atoms with Crippen LogP contribution in [0.2, 0.25) is 0 Å². The van der Waals surface area contributed by atoms with Gasteiger partial charge in [-0.1, -0.05) is 6.92 Å². The molecule has 0 amide bonds. The van der Waals surface area contributed by atoms with Crippen LogP contribution in [0.25, 0.3) is 0 Å². The maximum Gasteiger partial charge on any atom is 0.303 e. The molecule has 100 valence electrons. The average Bonchev–Trinajstić information content (AvgIpc) is 2.28. The smallest absolute Gasteiger partial charge is 0.303 e. The van der Waals surface area contributed by atoms with Gasteiger partial charge in [-0.15, -0.1) is 0 Å². The van der Waals surface area contributed by atoms with Gasteiger partial charge in [0.25, 0.3) is 0 Å². The van der Waals surface area contributed by atoms with E-state index in [1.807, 2.05) is 0 Å². The second kappa shape index (κ2) is 6.97. The van der Waals surface area contributed by atoms with E-state index >= 15 is 0 Å². The predicted octanol–water partition coefficient (Wildman–Crippen LogP) is 1.56. The van der Waals surface area contributed by atoms with E-state index in [1.165, 1.54) is 25.9 Å². The Hall–Kier alpha value is -0.610. The maximum atomic E-state index is 10.3. The molecule has 0 bridgehead atoms. The molecule has 0 aromatic rings. The fraction of sp³-hybridized carbons (Fsp3) is 0.923. The van der Waals surface area contributed by atoms with E-state index in [0.717, 1.165) is 25.9 Å². The zero-order valence-corrected chi connectivity index (χ0v) is 11.2. The number of carboxylic acids is 1. The topological polar surface area (TPSA) is 52.6 Å². The van der Waals surface area contributed by atoms with E-state index in [-0.39, 0.29) is 0 Å². The molecular weight excluding hydrogens is 216 g/mol. The summed E-state index contributed by atoms with van der Waals surface area (Å²) in [5.74, 6) is -0.688. The van der Waals surface area contributed by atoms with Crippen LogP contribution in [0.4, 0.5) is 0 Å². The number of likely N-dealkylation sites (tertiary alicyclic amines) is 1. The van der Waals surface area contributed by atoms with Gasteiger partial charge >= 0.3 is 5.97 Å². The molecule has 1 heterocycles. The van der Waals surface area contributed by atoms with Crippen LogP contribution in [-0.2, 0) is 4.79 Å². The van der Waals surface area contributed by atoms with Gasteiger partial charge in [0.15, 0.2) is 0 Å². The summed E-state index contributed by atoms with van der Waals surface area (Å²) in [6.07, 6.45) is 4.55. The van der Waals surface area contributed by atoms with Gasteiger partial charge in [0, 0.05) is 13.0 Å². The molecule has 0 aliphatic carbocycles. The third-order valence-corrected chi connectivity index (χ3v) is 3.74. The Bertz CT molecular complexity index is 236. The Morgan fingerprint density at radius 1 is 1.35 bits per heavy atom. The number of aliphatic carboxylic acids is 1. The zero-order valence-electron chi connectivity index (χ0n) is 11.2. The average molecular weight is 242 g/mol. The largest absolute Gasteiger partial charge is 0.481 e. The summed E-state index contributed by atoms with van der Waals surface area (Å²) in [6, 6.07) is 0. The Labute approximate surface area is 104 Å². The fourth-order valence-electron chi connectivity index (χ4n) is 2.25. The number of rotatable bonds is 7. The van der Waals surface area contributed by atoms with E-state index < -0.39 is 5.97 Å². The highest BCUT2D eigenvalue weighted by molar-refractivity contribution is 5.66. The predicted molar refractivity (Wildman–Crippen MR) is 69.2 cm³/mol. The normalized spacial score (nSPS) is 20.4. The number of unbranched alkanes of at least 4 members (excludes halogenated alkanes) is 1. The lowest BCUT2D eigenvalue weighted by molar-refractivity contribution is -0.137. The van der Waals surface area contributed by atoms with E-state index in [0.29, 0.717) is 11.8 Å². The molecule has 1 aliphatic rings. The highest BCUT2D eigenvalue weighted by Crippen LogP contribution is 2.29. The van der Waals surface area contributed by atoms with Crippen molar-refractivity contribution in [2.75, 3.05) is 33.2 Å². The van der Waals surface area contributed by atoms with Crippen LogP contribution in [0.1, 0.15) is 39.0 Å². The third kappa shape index (κ3) is 6.03. The molecule has 17 heavy (non-hydrogen) atoms. The summed E-state index contributed by atoms with van der Waals surface area (Å²) in [5.41, 5.74) is 0.430. The summed E-state index contributed by atoms with van der Waals surface area (Å²) in [5, 5.41) is 12.0. The molecule has 0 aromatic heterocycles. The lowest BCUT2D eigenvalue weighted by Crippen LogP contribution is -2.42. The first-order valence-corrected chi connectivity index (χ1v) is 6.63. The number of carbonyl (C=O) groups is 1. The van der Waals surface area contributed by atoms with E-state index in [1.54, 1.807) is 0 Å². The molecule has 1 aliphatic heterocycles. The second-order valence-electron chi connectivity index (χ2n) is 5.64. The maximum absolute atomic E-state index is 10.3. The van der Waals surface area contributed by atoms with Crippen LogP contribution in [0, 0.1) is 5.41 Å². The van der Waals surface area contributed by atoms with Crippen molar-refractivity contribution in [3.05, 3.63) is 0 Å². The van der Waals surface area contributed by atoms with Crippen LogP contribution in [0.3, 0.4) is 0 Å². The second-order valence-corrected chi connectivity index (χ2v) is 5.64. The lowest BCUT2D eigenvalue weighted by atomic mass is 9.80. The lowest BCUT2D eigenvalue weighted by Gasteiger charge is -2.38. The van der Waals surface area contributed by atoms with Gasteiger partial charge in [0.1, 0.15) is 0 Å². The number of nitrogens with zero attached hydrogens (tertiary/aromatic N) is 1. The number of nitrogens with one attached hydrogen (secondary N) is 1. The fourth-order valence-corrected chi connectivity index (χ4v) is 2.25. The minimum Gasteiger partial charge on any atom is -0.481 e. The molecule has 4 heteroatoms. The Balaban J connectivity index is 2.03. The van der Waals surface area contributed by atoms with Crippen LogP contribution in [-0.4, -0.2) is 49.2 Å². The van der Waals surface area contributed by atoms with Gasteiger partial charge in [-0.05, 0) is 57.8 Å². The van der Waals surface area contributed by atoms with Crippen LogP contribution in [0.5, 0.6) is 0 Å². The zero-order chi connectivity index (χ0) is 12.7. The van der Waals surface area contributed by atoms with Crippen LogP contribution in [0.15, 0.2) is 0 Å². The van der Waals surface area contributed by atoms with Crippen molar-refractivity contribution >= 4 is 5.97 Å². The molecule has 0 aromatic carbocycles. The van der Waals surface area contributed by atoms with Crippen molar-refractivity contribution in [1.82, 2.24) is 10.2 Å². The third-order valence-electron chi connectivity index (χ3n) is 3.74. The van der Waals surface area contributed by atoms with Gasteiger partial charge in [0.2, 0.25) is 0 Å².